The van der Waals surface area contributed by atoms with Gasteiger partial charge in [-0.25, -0.2) is 14.8 Å². The van der Waals surface area contributed by atoms with Gasteiger partial charge in [0.15, 0.2) is 23.2 Å². The van der Waals surface area contributed by atoms with E-state index in [9.17, 15) is 4.79 Å². The molecule has 3 aliphatic heterocycles. The number of cyclic esters (lactones) is 1. The molecule has 10 nitrogen and oxygen atoms in total. The first-order chi connectivity index (χ1) is 16.7. The van der Waals surface area contributed by atoms with E-state index >= 15 is 0 Å². The van der Waals surface area contributed by atoms with Gasteiger partial charge in [0.1, 0.15) is 12.5 Å². The van der Waals surface area contributed by atoms with Crippen LogP contribution >= 0.6 is 12.4 Å². The molecule has 0 bridgehead atoms. The maximum Gasteiger partial charge on any atom is 0.365 e. The van der Waals surface area contributed by atoms with Crippen molar-refractivity contribution >= 4 is 36.1 Å². The predicted octanol–water partition coefficient (Wildman–Crippen LogP) is 2.87. The number of hydrogen-bond donors (Lipinski definition) is 1. The first kappa shape index (κ1) is 24.1. The molecule has 2 N–H and O–H groups in total. The Balaban J connectivity index is 0.00000289. The summed E-state index contributed by atoms with van der Waals surface area (Å²) in [6, 6.07) is 5.49. The van der Waals surface area contributed by atoms with Gasteiger partial charge < -0.3 is 29.7 Å². The van der Waals surface area contributed by atoms with Crippen LogP contribution in [0.2, 0.25) is 0 Å². The number of esters is 1. The SMILES string of the molecule is Cl.NC(=Nc1ccccn1)N1CCN(C=C2N=C(C3=COC(C4=CC=CCC4)=CO3)OC2=O)CC1. The van der Waals surface area contributed by atoms with Crippen LogP contribution in [-0.4, -0.2) is 58.8 Å². The summed E-state index contributed by atoms with van der Waals surface area (Å²) < 4.78 is 16.6. The van der Waals surface area contributed by atoms with Crippen LogP contribution < -0.4 is 5.73 Å². The van der Waals surface area contributed by atoms with E-state index in [2.05, 4.69) is 21.0 Å². The summed E-state index contributed by atoms with van der Waals surface area (Å²) in [6.07, 6.45) is 14.2. The number of carbonyl (C=O) groups excluding carboxylic acids is 1. The lowest BCUT2D eigenvalue weighted by Crippen LogP contribution is -2.49. The molecule has 1 aromatic rings. The lowest BCUT2D eigenvalue weighted by molar-refractivity contribution is -0.130. The van der Waals surface area contributed by atoms with E-state index in [-0.39, 0.29) is 29.8 Å². The van der Waals surface area contributed by atoms with E-state index in [0.29, 0.717) is 43.7 Å². The Bertz CT molecular complexity index is 1180. The van der Waals surface area contributed by atoms with Gasteiger partial charge in [-0.3, -0.25) is 0 Å². The highest BCUT2D eigenvalue weighted by molar-refractivity contribution is 6.10. The van der Waals surface area contributed by atoms with E-state index < -0.39 is 5.97 Å². The Morgan fingerprint density at radius 1 is 1.11 bits per heavy atom. The second kappa shape index (κ2) is 10.9. The number of allylic oxidation sites excluding steroid dienone is 4. The van der Waals surface area contributed by atoms with Gasteiger partial charge in [0, 0.05) is 38.6 Å². The largest absolute Gasteiger partial charge is 0.457 e. The lowest BCUT2D eigenvalue weighted by Gasteiger charge is -2.34. The van der Waals surface area contributed by atoms with Crippen molar-refractivity contribution in [2.75, 3.05) is 26.2 Å². The highest BCUT2D eigenvalue weighted by Crippen LogP contribution is 2.27. The van der Waals surface area contributed by atoms with Crippen molar-refractivity contribution in [3.8, 4) is 0 Å². The standard InChI is InChI=1S/C24H24N6O4.ClH/c25-24(28-21-8-4-5-9-26-21)30-12-10-29(11-13-30)14-18-23(31)34-22(27-18)20-16-32-19(15-33-20)17-6-2-1-3-7-17;/h1-2,4-6,8-9,14-16H,3,7,10-13H2,(H2,25,26,28);1H. The molecule has 1 fully saturated rings. The molecule has 11 heteroatoms. The van der Waals surface area contributed by atoms with Gasteiger partial charge in [-0.05, 0) is 30.5 Å². The molecular weight excluding hydrogens is 472 g/mol. The molecule has 4 aliphatic rings. The van der Waals surface area contributed by atoms with Crippen LogP contribution in [0.1, 0.15) is 12.8 Å². The molecule has 1 saturated heterocycles. The number of aliphatic imine (C=N–C) groups is 2. The van der Waals surface area contributed by atoms with Crippen LogP contribution in [0.15, 0.2) is 94.1 Å². The Morgan fingerprint density at radius 2 is 1.91 bits per heavy atom. The smallest absolute Gasteiger partial charge is 0.365 e. The molecule has 0 spiro atoms. The molecule has 0 saturated carbocycles. The zero-order chi connectivity index (χ0) is 23.3. The number of carbonyl (C=O) groups is 1. The molecule has 1 aliphatic carbocycles. The fraction of sp³-hybridized carbons (Fsp3) is 0.250. The van der Waals surface area contributed by atoms with Gasteiger partial charge in [-0.2, -0.15) is 4.99 Å². The summed E-state index contributed by atoms with van der Waals surface area (Å²) in [6.45, 7) is 2.60. The molecule has 0 radical (unpaired) electrons. The third-order valence-electron chi connectivity index (χ3n) is 5.57. The molecule has 35 heavy (non-hydrogen) atoms. The number of ether oxygens (including phenoxy) is 3. The molecule has 4 heterocycles. The average Bonchev–Trinajstić information content (AvgIpc) is 3.25. The summed E-state index contributed by atoms with van der Waals surface area (Å²) >= 11 is 0. The minimum absolute atomic E-state index is 0. The molecule has 0 amide bonds. The number of aromatic nitrogens is 1. The van der Waals surface area contributed by atoms with Crippen LogP contribution in [0.4, 0.5) is 5.82 Å². The number of nitrogens with two attached hydrogens (primary N) is 1. The third-order valence-corrected chi connectivity index (χ3v) is 5.57. The van der Waals surface area contributed by atoms with Crippen molar-refractivity contribution in [2.24, 2.45) is 15.7 Å². The van der Waals surface area contributed by atoms with Gasteiger partial charge >= 0.3 is 5.97 Å². The number of pyridine rings is 1. The van der Waals surface area contributed by atoms with Crippen molar-refractivity contribution in [1.29, 1.82) is 0 Å². The average molecular weight is 497 g/mol. The summed E-state index contributed by atoms with van der Waals surface area (Å²) in [7, 11) is 0. The highest BCUT2D eigenvalue weighted by atomic mass is 35.5. The molecule has 5 rings (SSSR count). The summed E-state index contributed by atoms with van der Waals surface area (Å²) in [4.78, 5) is 29.1. The van der Waals surface area contributed by atoms with E-state index in [0.717, 1.165) is 18.4 Å². The first-order valence-electron chi connectivity index (χ1n) is 11.0. The quantitative estimate of drug-likeness (QED) is 0.293. The molecule has 0 unspecified atom stereocenters. The Labute approximate surface area is 208 Å². The van der Waals surface area contributed by atoms with Gasteiger partial charge in [0.2, 0.25) is 5.76 Å². The minimum atomic E-state index is -0.534. The fourth-order valence-corrected chi connectivity index (χ4v) is 3.72. The number of halogens is 1. The summed E-state index contributed by atoms with van der Waals surface area (Å²) in [5.74, 6) is 1.41. The molecule has 1 aromatic heterocycles. The Hall–Kier alpha value is -4.05. The number of rotatable bonds is 4. The minimum Gasteiger partial charge on any atom is -0.457 e. The van der Waals surface area contributed by atoms with Gasteiger partial charge in [0.25, 0.3) is 5.90 Å². The van der Waals surface area contributed by atoms with Crippen molar-refractivity contribution < 1.29 is 19.0 Å². The maximum absolute atomic E-state index is 12.3. The van der Waals surface area contributed by atoms with Gasteiger partial charge in [-0.15, -0.1) is 12.4 Å². The molecule has 0 aromatic carbocycles. The Kier molecular flexibility index (Phi) is 7.51. The molecule has 0 atom stereocenters. The fourth-order valence-electron chi connectivity index (χ4n) is 3.72. The summed E-state index contributed by atoms with van der Waals surface area (Å²) in [5, 5.41) is 0. The van der Waals surface area contributed by atoms with E-state index in [4.69, 9.17) is 19.9 Å². The number of guanidine groups is 1. The first-order valence-corrected chi connectivity index (χ1v) is 11.0. The monoisotopic (exact) mass is 496 g/mol. The van der Waals surface area contributed by atoms with E-state index in [1.807, 2.05) is 34.1 Å². The topological polar surface area (TPSA) is 115 Å². The van der Waals surface area contributed by atoms with Gasteiger partial charge in [-0.1, -0.05) is 24.3 Å². The maximum atomic E-state index is 12.3. The van der Waals surface area contributed by atoms with Crippen LogP contribution in [0.5, 0.6) is 0 Å². The predicted molar refractivity (Wildman–Crippen MR) is 132 cm³/mol. The number of piperazine rings is 1. The van der Waals surface area contributed by atoms with E-state index in [1.165, 1.54) is 12.5 Å². The number of nitrogens with zero attached hydrogens (tertiary/aromatic N) is 5. The molecule has 182 valence electrons. The lowest BCUT2D eigenvalue weighted by atomic mass is 10.0. The number of hydrogen-bond acceptors (Lipinski definition) is 8. The zero-order valence-corrected chi connectivity index (χ0v) is 19.7. The molecular formula is C24H25ClN6O4. The van der Waals surface area contributed by atoms with Crippen LogP contribution in [0.25, 0.3) is 0 Å². The van der Waals surface area contributed by atoms with Crippen molar-refractivity contribution in [1.82, 2.24) is 14.8 Å². The zero-order valence-electron chi connectivity index (χ0n) is 18.9. The van der Waals surface area contributed by atoms with E-state index in [1.54, 1.807) is 18.5 Å². The Morgan fingerprint density at radius 3 is 2.60 bits per heavy atom. The van der Waals surface area contributed by atoms with Crippen molar-refractivity contribution in [3.63, 3.8) is 0 Å². The van der Waals surface area contributed by atoms with Crippen LogP contribution in [0.3, 0.4) is 0 Å². The second-order valence-electron chi connectivity index (χ2n) is 7.86. The summed E-state index contributed by atoms with van der Waals surface area (Å²) in [5.41, 5.74) is 7.39. The van der Waals surface area contributed by atoms with Gasteiger partial charge in [0.05, 0.1) is 0 Å². The van der Waals surface area contributed by atoms with Crippen molar-refractivity contribution in [3.05, 3.63) is 84.1 Å². The highest BCUT2D eigenvalue weighted by Gasteiger charge is 2.30. The normalized spacial score (nSPS) is 21.2. The van der Waals surface area contributed by atoms with Crippen molar-refractivity contribution in [2.45, 2.75) is 12.8 Å². The second-order valence-corrected chi connectivity index (χ2v) is 7.86. The van der Waals surface area contributed by atoms with Crippen LogP contribution in [-0.2, 0) is 19.0 Å². The van der Waals surface area contributed by atoms with Crippen LogP contribution in [0, 0.1) is 0 Å². The third kappa shape index (κ3) is 5.72.